The third kappa shape index (κ3) is 2.57. The molecule has 98 valence electrons. The first-order chi connectivity index (χ1) is 8.59. The van der Waals surface area contributed by atoms with Crippen LogP contribution in [0.5, 0.6) is 0 Å². The molecule has 1 aliphatic rings. The zero-order valence-corrected chi connectivity index (χ0v) is 10.2. The Hall–Kier alpha value is -1.73. The van der Waals surface area contributed by atoms with Gasteiger partial charge >= 0.3 is 5.69 Å². The zero-order valence-electron chi connectivity index (χ0n) is 10.2. The highest BCUT2D eigenvalue weighted by Crippen LogP contribution is 2.28. The lowest BCUT2D eigenvalue weighted by Crippen LogP contribution is -2.49. The Morgan fingerprint density at radius 2 is 2.50 bits per heavy atom. The molecule has 0 amide bonds. The smallest absolute Gasteiger partial charge is 0.310 e. The third-order valence-corrected chi connectivity index (χ3v) is 3.00. The van der Waals surface area contributed by atoms with Crippen LogP contribution < -0.4 is 10.6 Å². The van der Waals surface area contributed by atoms with Gasteiger partial charge in [0.15, 0.2) is 0 Å². The van der Waals surface area contributed by atoms with Gasteiger partial charge in [0, 0.05) is 25.3 Å². The van der Waals surface area contributed by atoms with Gasteiger partial charge in [-0.1, -0.05) is 0 Å². The minimum absolute atomic E-state index is 0.0165. The average molecular weight is 252 g/mol. The first-order valence-electron chi connectivity index (χ1n) is 5.80. The maximum absolute atomic E-state index is 11.0. The summed E-state index contributed by atoms with van der Waals surface area (Å²) in [5.41, 5.74) is 6.40. The Kier molecular flexibility index (Phi) is 3.73. The molecule has 0 bridgehead atoms. The number of rotatable bonds is 3. The maximum atomic E-state index is 11.0. The van der Waals surface area contributed by atoms with Gasteiger partial charge in [0.05, 0.1) is 17.6 Å². The minimum atomic E-state index is -0.418. The molecule has 7 nitrogen and oxygen atoms in total. The van der Waals surface area contributed by atoms with E-state index < -0.39 is 4.92 Å². The predicted octanol–water partition coefficient (Wildman–Crippen LogP) is 0.542. The molecule has 0 spiro atoms. The SMILES string of the molecule is CC(N)C1CN(c2ccncc2[N+](=O)[O-])CCO1. The van der Waals surface area contributed by atoms with Gasteiger partial charge < -0.3 is 15.4 Å². The molecule has 0 saturated carbocycles. The van der Waals surface area contributed by atoms with Gasteiger partial charge in [-0.25, -0.2) is 0 Å². The molecule has 1 aromatic heterocycles. The summed E-state index contributed by atoms with van der Waals surface area (Å²) in [4.78, 5) is 16.3. The molecule has 0 radical (unpaired) electrons. The van der Waals surface area contributed by atoms with Crippen LogP contribution in [0.3, 0.4) is 0 Å². The molecule has 1 saturated heterocycles. The van der Waals surface area contributed by atoms with Crippen molar-refractivity contribution in [3.05, 3.63) is 28.6 Å². The van der Waals surface area contributed by atoms with Crippen molar-refractivity contribution in [2.75, 3.05) is 24.6 Å². The van der Waals surface area contributed by atoms with Gasteiger partial charge in [-0.3, -0.25) is 15.1 Å². The van der Waals surface area contributed by atoms with Crippen molar-refractivity contribution in [2.45, 2.75) is 19.1 Å². The molecule has 18 heavy (non-hydrogen) atoms. The summed E-state index contributed by atoms with van der Waals surface area (Å²) in [5, 5.41) is 11.0. The summed E-state index contributed by atoms with van der Waals surface area (Å²) in [6, 6.07) is 1.55. The number of nitrogens with two attached hydrogens (primary N) is 1. The van der Waals surface area contributed by atoms with E-state index in [-0.39, 0.29) is 17.8 Å². The average Bonchev–Trinajstić information content (AvgIpc) is 2.39. The van der Waals surface area contributed by atoms with Crippen LogP contribution in [0.15, 0.2) is 18.5 Å². The van der Waals surface area contributed by atoms with Gasteiger partial charge in [0.2, 0.25) is 0 Å². The molecule has 1 fully saturated rings. The van der Waals surface area contributed by atoms with Crippen LogP contribution >= 0.6 is 0 Å². The second-order valence-electron chi connectivity index (χ2n) is 4.34. The predicted molar refractivity (Wildman–Crippen MR) is 66.5 cm³/mol. The van der Waals surface area contributed by atoms with Crippen LogP contribution in [-0.2, 0) is 4.74 Å². The highest BCUT2D eigenvalue weighted by atomic mass is 16.6. The lowest BCUT2D eigenvalue weighted by Gasteiger charge is -2.35. The highest BCUT2D eigenvalue weighted by Gasteiger charge is 2.27. The van der Waals surface area contributed by atoms with E-state index >= 15 is 0 Å². The number of pyridine rings is 1. The number of anilines is 1. The molecule has 0 aromatic carbocycles. The second-order valence-corrected chi connectivity index (χ2v) is 4.34. The number of nitro groups is 1. The quantitative estimate of drug-likeness (QED) is 0.623. The molecule has 1 aliphatic heterocycles. The Morgan fingerprint density at radius 1 is 1.72 bits per heavy atom. The van der Waals surface area contributed by atoms with Gasteiger partial charge in [-0.2, -0.15) is 0 Å². The molecular weight excluding hydrogens is 236 g/mol. The van der Waals surface area contributed by atoms with Gasteiger partial charge in [0.1, 0.15) is 11.9 Å². The van der Waals surface area contributed by atoms with Crippen molar-refractivity contribution in [1.29, 1.82) is 0 Å². The van der Waals surface area contributed by atoms with Crippen LogP contribution in [0, 0.1) is 10.1 Å². The minimum Gasteiger partial charge on any atom is -0.373 e. The van der Waals surface area contributed by atoms with Crippen molar-refractivity contribution < 1.29 is 9.66 Å². The van der Waals surface area contributed by atoms with E-state index in [2.05, 4.69) is 4.98 Å². The Labute approximate surface area is 105 Å². The summed E-state index contributed by atoms with van der Waals surface area (Å²) in [6.07, 6.45) is 2.72. The van der Waals surface area contributed by atoms with Gasteiger partial charge in [-0.15, -0.1) is 0 Å². The normalized spacial score (nSPS) is 21.7. The fraction of sp³-hybridized carbons (Fsp3) is 0.545. The van der Waals surface area contributed by atoms with Crippen molar-refractivity contribution in [1.82, 2.24) is 4.98 Å². The Bertz CT molecular complexity index is 438. The van der Waals surface area contributed by atoms with Crippen LogP contribution in [0.4, 0.5) is 11.4 Å². The summed E-state index contributed by atoms with van der Waals surface area (Å²) >= 11 is 0. The molecule has 2 N–H and O–H groups in total. The van der Waals surface area contributed by atoms with E-state index in [0.29, 0.717) is 25.4 Å². The lowest BCUT2D eigenvalue weighted by molar-refractivity contribution is -0.384. The lowest BCUT2D eigenvalue weighted by atomic mass is 10.1. The maximum Gasteiger partial charge on any atom is 0.310 e. The van der Waals surface area contributed by atoms with E-state index in [4.69, 9.17) is 10.5 Å². The van der Waals surface area contributed by atoms with Crippen LogP contribution in [0.1, 0.15) is 6.92 Å². The summed E-state index contributed by atoms with van der Waals surface area (Å²) in [5.74, 6) is 0. The summed E-state index contributed by atoms with van der Waals surface area (Å²) in [6.45, 7) is 3.57. The number of morpholine rings is 1. The van der Waals surface area contributed by atoms with Gasteiger partial charge in [0.25, 0.3) is 0 Å². The van der Waals surface area contributed by atoms with E-state index in [0.717, 1.165) is 0 Å². The van der Waals surface area contributed by atoms with Crippen LogP contribution in [0.2, 0.25) is 0 Å². The summed E-state index contributed by atoms with van der Waals surface area (Å²) < 4.78 is 5.54. The zero-order chi connectivity index (χ0) is 13.1. The van der Waals surface area contributed by atoms with Crippen molar-refractivity contribution in [3.63, 3.8) is 0 Å². The molecule has 2 atom stereocenters. The topological polar surface area (TPSA) is 94.5 Å². The molecular formula is C11H16N4O3. The van der Waals surface area contributed by atoms with E-state index in [1.54, 1.807) is 12.3 Å². The van der Waals surface area contributed by atoms with Crippen LogP contribution in [-0.4, -0.2) is 41.7 Å². The Morgan fingerprint density at radius 3 is 3.17 bits per heavy atom. The molecule has 0 aliphatic carbocycles. The highest BCUT2D eigenvalue weighted by molar-refractivity contribution is 5.61. The molecule has 7 heteroatoms. The van der Waals surface area contributed by atoms with Crippen molar-refractivity contribution in [2.24, 2.45) is 5.73 Å². The largest absolute Gasteiger partial charge is 0.373 e. The first kappa shape index (κ1) is 12.7. The fourth-order valence-electron chi connectivity index (χ4n) is 2.00. The number of nitrogens with zero attached hydrogens (tertiary/aromatic N) is 3. The number of aromatic nitrogens is 1. The van der Waals surface area contributed by atoms with E-state index in [9.17, 15) is 10.1 Å². The molecule has 2 unspecified atom stereocenters. The molecule has 2 heterocycles. The number of hydrogen-bond donors (Lipinski definition) is 1. The summed E-state index contributed by atoms with van der Waals surface area (Å²) in [7, 11) is 0. The van der Waals surface area contributed by atoms with E-state index in [1.807, 2.05) is 11.8 Å². The van der Waals surface area contributed by atoms with Crippen molar-refractivity contribution >= 4 is 11.4 Å². The van der Waals surface area contributed by atoms with E-state index in [1.165, 1.54) is 6.20 Å². The molecule has 1 aromatic rings. The Balaban J connectivity index is 2.23. The number of hydrogen-bond acceptors (Lipinski definition) is 6. The second kappa shape index (κ2) is 5.28. The number of ether oxygens (including phenoxy) is 1. The van der Waals surface area contributed by atoms with Crippen molar-refractivity contribution in [3.8, 4) is 0 Å². The fourth-order valence-corrected chi connectivity index (χ4v) is 2.00. The first-order valence-corrected chi connectivity index (χ1v) is 5.80. The van der Waals surface area contributed by atoms with Crippen LogP contribution in [0.25, 0.3) is 0 Å². The standard InChI is InChI=1S/C11H16N4O3/c1-8(12)11-7-14(4-5-18-11)9-2-3-13-6-10(9)15(16)17/h2-3,6,8,11H,4-5,7,12H2,1H3. The monoisotopic (exact) mass is 252 g/mol. The third-order valence-electron chi connectivity index (χ3n) is 3.00. The van der Waals surface area contributed by atoms with Gasteiger partial charge in [-0.05, 0) is 13.0 Å². The molecule has 2 rings (SSSR count).